The fraction of sp³-hybridized carbons (Fsp3) is 0.900. The lowest BCUT2D eigenvalue weighted by Crippen LogP contribution is -2.36. The maximum atomic E-state index is 10.7. The first-order chi connectivity index (χ1) is 5.95. The van der Waals surface area contributed by atoms with Gasteiger partial charge in [0, 0.05) is 0 Å². The largest absolute Gasteiger partial charge is 0.463 e. The van der Waals surface area contributed by atoms with Gasteiger partial charge in [0.1, 0.15) is 3.92 Å². The van der Waals surface area contributed by atoms with Crippen molar-refractivity contribution in [2.24, 2.45) is 16.7 Å². The van der Waals surface area contributed by atoms with E-state index in [0.29, 0.717) is 9.84 Å². The molecule has 0 aromatic heterocycles. The summed E-state index contributed by atoms with van der Waals surface area (Å²) in [5, 5.41) is 10.7. The molecule has 0 aliphatic heterocycles. The summed E-state index contributed by atoms with van der Waals surface area (Å²) in [6.07, 6.45) is 2.35. The quantitative estimate of drug-likeness (QED) is 0.220. The average Bonchev–Trinajstić information content (AvgIpc) is 2.32. The fourth-order valence-corrected chi connectivity index (χ4v) is 5.16. The third-order valence-corrected chi connectivity index (χ3v) is 5.98. The van der Waals surface area contributed by atoms with Crippen LogP contribution in [-0.4, -0.2) is 9.71 Å². The van der Waals surface area contributed by atoms with Crippen LogP contribution in [0.2, 0.25) is 0 Å². The Morgan fingerprint density at radius 3 is 2.38 bits per heavy atom. The summed E-state index contributed by atoms with van der Waals surface area (Å²) in [5.41, 5.74) is 0.254. The van der Waals surface area contributed by atoms with Gasteiger partial charge in [0.25, 0.3) is 0 Å². The maximum absolute atomic E-state index is 10.7. The van der Waals surface area contributed by atoms with Gasteiger partial charge in [-0.1, -0.05) is 36.4 Å². The van der Waals surface area contributed by atoms with Gasteiger partial charge in [-0.3, -0.25) is 0 Å². The summed E-state index contributed by atoms with van der Waals surface area (Å²) in [7, 11) is 0. The van der Waals surface area contributed by atoms with Gasteiger partial charge in [0.2, 0.25) is 0 Å². The molecule has 74 valence electrons. The van der Waals surface area contributed by atoms with E-state index in [2.05, 4.69) is 47.9 Å². The molecule has 0 saturated heterocycles. The zero-order chi connectivity index (χ0) is 9.85. The normalized spacial score (nSPS) is 50.3. The Balaban J connectivity index is 2.52. The van der Waals surface area contributed by atoms with Crippen LogP contribution in [0.25, 0.3) is 0 Å². The van der Waals surface area contributed by atoms with Crippen molar-refractivity contribution in [3.63, 3.8) is 0 Å². The highest BCUT2D eigenvalue weighted by Crippen LogP contribution is 2.65. The van der Waals surface area contributed by atoms with Crippen molar-refractivity contribution in [2.75, 3.05) is 0 Å². The molecule has 2 fully saturated rings. The number of fused-ring (bicyclic) bond motifs is 2. The van der Waals surface area contributed by atoms with E-state index in [1.807, 2.05) is 0 Å². The minimum absolute atomic E-state index is 0.0191. The van der Waals surface area contributed by atoms with Gasteiger partial charge in [0.15, 0.2) is 0 Å². The molecule has 2 saturated carbocycles. The Hall–Kier alpha value is 0.200. The third kappa shape index (κ3) is 0.917. The fourth-order valence-electron chi connectivity index (χ4n) is 3.11. The van der Waals surface area contributed by atoms with E-state index in [-0.39, 0.29) is 10.8 Å². The predicted octanol–water partition coefficient (Wildman–Crippen LogP) is 1.63. The summed E-state index contributed by atoms with van der Waals surface area (Å²) in [5.74, 6) is 1.41. The monoisotopic (exact) mass is 294 g/mol. The van der Waals surface area contributed by atoms with Gasteiger partial charge in [-0.15, -0.1) is 0 Å². The van der Waals surface area contributed by atoms with Gasteiger partial charge in [0.05, 0.1) is 5.41 Å². The maximum Gasteiger partial charge on any atom is 0.348 e. The molecule has 0 aromatic rings. The first-order valence-electron chi connectivity index (χ1n) is 4.76. The van der Waals surface area contributed by atoms with Crippen LogP contribution < -0.4 is 5.26 Å². The van der Waals surface area contributed by atoms with Gasteiger partial charge in [-0.05, 0) is 31.1 Å². The van der Waals surface area contributed by atoms with Crippen LogP contribution in [0.5, 0.6) is 0 Å². The van der Waals surface area contributed by atoms with E-state index in [0.717, 1.165) is 12.2 Å². The molecule has 0 N–H and O–H groups in total. The topological polar surface area (TPSA) is 34.4 Å². The highest BCUT2D eigenvalue weighted by Gasteiger charge is 2.70. The van der Waals surface area contributed by atoms with Crippen LogP contribution in [0.15, 0.2) is 0 Å². The van der Waals surface area contributed by atoms with Gasteiger partial charge < -0.3 is 5.26 Å². The van der Waals surface area contributed by atoms with Crippen LogP contribution in [-0.2, 0) is 4.58 Å². The van der Waals surface area contributed by atoms with Crippen LogP contribution in [0.1, 0.15) is 33.6 Å². The lowest BCUT2D eigenvalue weighted by atomic mass is 9.70. The number of hydrogen-bond donors (Lipinski definition) is 0. The van der Waals surface area contributed by atoms with Crippen molar-refractivity contribution in [2.45, 2.75) is 37.5 Å². The molecule has 0 heterocycles. The lowest BCUT2D eigenvalue weighted by Gasteiger charge is -2.29. The van der Waals surface area contributed by atoms with Crippen molar-refractivity contribution in [3.8, 4) is 0 Å². The summed E-state index contributed by atoms with van der Waals surface area (Å²) >= 11 is 2.36. The second-order valence-electron chi connectivity index (χ2n) is 5.05. The Bertz CT molecular complexity index is 272. The van der Waals surface area contributed by atoms with Crippen molar-refractivity contribution < 1.29 is 9.83 Å². The van der Waals surface area contributed by atoms with Gasteiger partial charge in [-0.2, -0.15) is 4.58 Å². The van der Waals surface area contributed by atoms with Gasteiger partial charge >= 0.3 is 5.78 Å². The average molecular weight is 294 g/mol. The first-order valence-corrected chi connectivity index (χ1v) is 6.01. The first kappa shape index (κ1) is 9.74. The van der Waals surface area contributed by atoms with E-state index in [9.17, 15) is 5.26 Å². The summed E-state index contributed by atoms with van der Waals surface area (Å²) < 4.78 is 4.68. The highest BCUT2D eigenvalue weighted by molar-refractivity contribution is 14.1. The van der Waals surface area contributed by atoms with Crippen LogP contribution in [0.4, 0.5) is 0 Å². The van der Waals surface area contributed by atoms with Gasteiger partial charge in [-0.25, -0.2) is 0 Å². The molecule has 0 spiro atoms. The van der Waals surface area contributed by atoms with E-state index < -0.39 is 0 Å². The van der Waals surface area contributed by atoms with E-state index in [1.54, 1.807) is 0 Å². The molecular formula is C10H15IO2. The van der Waals surface area contributed by atoms with E-state index in [4.69, 9.17) is 0 Å². The molecule has 13 heavy (non-hydrogen) atoms. The van der Waals surface area contributed by atoms with Crippen LogP contribution in [0.3, 0.4) is 0 Å². The van der Waals surface area contributed by atoms with Crippen LogP contribution in [0, 0.1) is 16.7 Å². The molecule has 2 rings (SSSR count). The molecule has 0 amide bonds. The number of rotatable bonds is 0. The molecule has 3 atom stereocenters. The Morgan fingerprint density at radius 2 is 2.08 bits per heavy atom. The standard InChI is InChI=1S/C10H15IO2/c1-9(2)6-4-5-10(9,3)8(13-12)7(6)11/h6-7H,4-5H2,1-3H3. The van der Waals surface area contributed by atoms with Crippen molar-refractivity contribution in [1.82, 2.24) is 0 Å². The molecule has 3 heteroatoms. The van der Waals surface area contributed by atoms with E-state index >= 15 is 0 Å². The van der Waals surface area contributed by atoms with Crippen molar-refractivity contribution in [1.29, 1.82) is 0 Å². The van der Waals surface area contributed by atoms with Crippen LogP contribution >= 0.6 is 22.6 Å². The molecular weight excluding hydrogens is 279 g/mol. The van der Waals surface area contributed by atoms with Crippen molar-refractivity contribution in [3.05, 3.63) is 0 Å². The molecule has 2 aliphatic rings. The second-order valence-corrected chi connectivity index (χ2v) is 6.39. The Morgan fingerprint density at radius 1 is 1.46 bits per heavy atom. The number of alkyl halides is 1. The zero-order valence-electron chi connectivity index (χ0n) is 8.26. The lowest BCUT2D eigenvalue weighted by molar-refractivity contribution is -1.05. The number of hydrogen-bond acceptors (Lipinski definition) is 1. The molecule has 2 bridgehead atoms. The third-order valence-electron chi connectivity index (χ3n) is 4.54. The van der Waals surface area contributed by atoms with E-state index in [1.165, 1.54) is 6.42 Å². The molecule has 2 aliphatic carbocycles. The molecule has 0 aromatic carbocycles. The highest BCUT2D eigenvalue weighted by atomic mass is 127. The molecule has 0 radical (unpaired) electrons. The minimum atomic E-state index is 0.0191. The summed E-state index contributed by atoms with van der Waals surface area (Å²) in [6.45, 7) is 6.71. The smallest absolute Gasteiger partial charge is 0.348 e. The molecule has 2 nitrogen and oxygen atoms in total. The zero-order valence-corrected chi connectivity index (χ0v) is 10.4. The second kappa shape index (κ2) is 2.61. The van der Waals surface area contributed by atoms with Crippen molar-refractivity contribution >= 4 is 28.4 Å². The summed E-state index contributed by atoms with van der Waals surface area (Å²) in [6, 6.07) is 0. The SMILES string of the molecule is CC12CCC(C(I)C1=[O+][O-])C2(C)C. The number of halogens is 1. The number of ketones is 1. The minimum Gasteiger partial charge on any atom is -0.463 e. The Kier molecular flexibility index (Phi) is 1.96. The molecule has 3 unspecified atom stereocenters. The summed E-state index contributed by atoms with van der Waals surface area (Å²) in [4.78, 5) is 0. The predicted molar refractivity (Wildman–Crippen MR) is 57.4 cm³/mol. The number of carbonyl (C=O) groups excluding carboxylic acids is 1. The Labute approximate surface area is 92.5 Å².